The zero-order valence-corrected chi connectivity index (χ0v) is 14.3. The van der Waals surface area contributed by atoms with Crippen LogP contribution in [0.4, 0.5) is 0 Å². The molecule has 0 unspecified atom stereocenters. The molecule has 3 nitrogen and oxygen atoms in total. The average Bonchev–Trinajstić information content (AvgIpc) is 2.56. The van der Waals surface area contributed by atoms with E-state index in [1.165, 1.54) is 11.1 Å². The van der Waals surface area contributed by atoms with E-state index in [2.05, 4.69) is 29.2 Å². The van der Waals surface area contributed by atoms with Crippen LogP contribution in [0.15, 0.2) is 51.7 Å². The lowest BCUT2D eigenvalue weighted by atomic mass is 9.99. The number of halogens is 1. The summed E-state index contributed by atoms with van der Waals surface area (Å²) in [6.45, 7) is 4.52. The van der Waals surface area contributed by atoms with Gasteiger partial charge in [-0.1, -0.05) is 35.9 Å². The number of nitrogens with zero attached hydrogens (tertiary/aromatic N) is 1. The van der Waals surface area contributed by atoms with Crippen LogP contribution in [-0.2, 0) is 19.5 Å². The molecule has 0 atom stereocenters. The van der Waals surface area contributed by atoms with Gasteiger partial charge in [-0.05, 0) is 47.7 Å². The maximum Gasteiger partial charge on any atom is 0.336 e. The zero-order chi connectivity index (χ0) is 16.7. The van der Waals surface area contributed by atoms with E-state index < -0.39 is 0 Å². The van der Waals surface area contributed by atoms with Gasteiger partial charge in [0.25, 0.3) is 0 Å². The Bertz CT molecular complexity index is 977. The van der Waals surface area contributed by atoms with Crippen LogP contribution in [0.5, 0.6) is 0 Å². The molecule has 0 amide bonds. The van der Waals surface area contributed by atoms with Crippen molar-refractivity contribution in [2.45, 2.75) is 26.4 Å². The van der Waals surface area contributed by atoms with Crippen molar-refractivity contribution < 1.29 is 4.42 Å². The summed E-state index contributed by atoms with van der Waals surface area (Å²) in [5.41, 5.74) is 4.97. The van der Waals surface area contributed by atoms with E-state index in [9.17, 15) is 4.79 Å². The van der Waals surface area contributed by atoms with Gasteiger partial charge in [-0.2, -0.15) is 0 Å². The summed E-state index contributed by atoms with van der Waals surface area (Å²) in [5, 5.41) is 1.62. The molecule has 1 aromatic heterocycles. The minimum Gasteiger partial charge on any atom is -0.423 e. The normalized spacial score (nSPS) is 14.8. The van der Waals surface area contributed by atoms with Crippen LogP contribution < -0.4 is 5.63 Å². The molecule has 122 valence electrons. The molecule has 3 aromatic rings. The minimum atomic E-state index is -0.309. The largest absolute Gasteiger partial charge is 0.423 e. The fourth-order valence-corrected chi connectivity index (χ4v) is 3.57. The summed E-state index contributed by atoms with van der Waals surface area (Å²) in [4.78, 5) is 14.3. The van der Waals surface area contributed by atoms with Crippen molar-refractivity contribution in [1.82, 2.24) is 4.90 Å². The van der Waals surface area contributed by atoms with Gasteiger partial charge in [0.2, 0.25) is 0 Å². The Morgan fingerprint density at radius 3 is 2.79 bits per heavy atom. The van der Waals surface area contributed by atoms with E-state index in [4.69, 9.17) is 16.0 Å². The van der Waals surface area contributed by atoms with Gasteiger partial charge < -0.3 is 4.42 Å². The van der Waals surface area contributed by atoms with Gasteiger partial charge in [-0.3, -0.25) is 4.90 Å². The Morgan fingerprint density at radius 2 is 1.96 bits per heavy atom. The second-order valence-corrected chi connectivity index (χ2v) is 6.82. The van der Waals surface area contributed by atoms with Gasteiger partial charge >= 0.3 is 5.63 Å². The average molecular weight is 340 g/mol. The molecule has 4 heteroatoms. The van der Waals surface area contributed by atoms with Gasteiger partial charge in [-0.15, -0.1) is 0 Å². The molecule has 4 rings (SSSR count). The quantitative estimate of drug-likeness (QED) is 0.652. The standard InChI is InChI=1S/C20H18ClNO2/c1-13-8-19-17(10-18(13)21)16(9-20(23)24-19)12-22-7-6-14-4-2-3-5-15(14)11-22/h2-5,8-10H,6-7,11-12H2,1H3. The number of rotatable bonds is 2. The first-order valence-electron chi connectivity index (χ1n) is 8.12. The maximum atomic E-state index is 11.9. The second kappa shape index (κ2) is 6.08. The van der Waals surface area contributed by atoms with Crippen LogP contribution in [0.1, 0.15) is 22.3 Å². The predicted octanol–water partition coefficient (Wildman–Crippen LogP) is 4.31. The fourth-order valence-electron chi connectivity index (χ4n) is 3.41. The highest BCUT2D eigenvalue weighted by Crippen LogP contribution is 2.27. The molecule has 0 bridgehead atoms. The van der Waals surface area contributed by atoms with Crippen molar-refractivity contribution in [3.05, 3.63) is 80.2 Å². The number of hydrogen-bond donors (Lipinski definition) is 0. The first-order valence-corrected chi connectivity index (χ1v) is 8.50. The summed E-state index contributed by atoms with van der Waals surface area (Å²) < 4.78 is 5.35. The first-order chi connectivity index (χ1) is 11.6. The molecule has 2 heterocycles. The Morgan fingerprint density at radius 1 is 1.17 bits per heavy atom. The van der Waals surface area contributed by atoms with Crippen molar-refractivity contribution in [3.63, 3.8) is 0 Å². The van der Waals surface area contributed by atoms with Crippen molar-refractivity contribution in [2.75, 3.05) is 6.54 Å². The molecule has 0 spiro atoms. The molecule has 2 aromatic carbocycles. The molecule has 24 heavy (non-hydrogen) atoms. The monoisotopic (exact) mass is 339 g/mol. The van der Waals surface area contributed by atoms with E-state index >= 15 is 0 Å². The van der Waals surface area contributed by atoms with Gasteiger partial charge in [-0.25, -0.2) is 4.79 Å². The highest BCUT2D eigenvalue weighted by Gasteiger charge is 2.17. The fraction of sp³-hybridized carbons (Fsp3) is 0.250. The van der Waals surface area contributed by atoms with Crippen LogP contribution in [0, 0.1) is 6.92 Å². The Labute approximate surface area is 145 Å². The third-order valence-electron chi connectivity index (χ3n) is 4.71. The summed E-state index contributed by atoms with van der Waals surface area (Å²) in [7, 11) is 0. The van der Waals surface area contributed by atoms with E-state index in [1.807, 2.05) is 19.1 Å². The number of fused-ring (bicyclic) bond motifs is 2. The lowest BCUT2D eigenvalue weighted by Gasteiger charge is -2.29. The topological polar surface area (TPSA) is 33.5 Å². The molecule has 0 fully saturated rings. The first kappa shape index (κ1) is 15.4. The number of aryl methyl sites for hydroxylation is 1. The Balaban J connectivity index is 1.70. The SMILES string of the molecule is Cc1cc2oc(=O)cc(CN3CCc4ccccc4C3)c2cc1Cl. The van der Waals surface area contributed by atoms with Crippen LogP contribution >= 0.6 is 11.6 Å². The predicted molar refractivity (Wildman–Crippen MR) is 96.5 cm³/mol. The summed E-state index contributed by atoms with van der Waals surface area (Å²) in [6, 6.07) is 13.9. The number of hydrogen-bond acceptors (Lipinski definition) is 3. The molecule has 0 N–H and O–H groups in total. The van der Waals surface area contributed by atoms with Gasteiger partial charge in [0.1, 0.15) is 5.58 Å². The van der Waals surface area contributed by atoms with E-state index in [-0.39, 0.29) is 5.63 Å². The lowest BCUT2D eigenvalue weighted by molar-refractivity contribution is 0.246. The van der Waals surface area contributed by atoms with Crippen molar-refractivity contribution in [3.8, 4) is 0 Å². The van der Waals surface area contributed by atoms with Gasteiger partial charge in [0.05, 0.1) is 0 Å². The van der Waals surface area contributed by atoms with E-state index in [1.54, 1.807) is 6.07 Å². The lowest BCUT2D eigenvalue weighted by Crippen LogP contribution is -2.30. The minimum absolute atomic E-state index is 0.309. The Kier molecular flexibility index (Phi) is 3.91. The molecule has 0 radical (unpaired) electrons. The van der Waals surface area contributed by atoms with Crippen LogP contribution in [0.3, 0.4) is 0 Å². The molecular formula is C20H18ClNO2. The van der Waals surface area contributed by atoms with E-state index in [0.717, 1.165) is 42.6 Å². The van der Waals surface area contributed by atoms with Crippen LogP contribution in [-0.4, -0.2) is 11.4 Å². The second-order valence-electron chi connectivity index (χ2n) is 6.42. The summed E-state index contributed by atoms with van der Waals surface area (Å²) >= 11 is 6.28. The van der Waals surface area contributed by atoms with Crippen molar-refractivity contribution >= 4 is 22.6 Å². The molecular weight excluding hydrogens is 322 g/mol. The summed E-state index contributed by atoms with van der Waals surface area (Å²) in [6.07, 6.45) is 1.04. The third kappa shape index (κ3) is 2.85. The van der Waals surface area contributed by atoms with Crippen molar-refractivity contribution in [1.29, 1.82) is 0 Å². The van der Waals surface area contributed by atoms with Crippen LogP contribution in [0.25, 0.3) is 11.0 Å². The van der Waals surface area contributed by atoms with Gasteiger partial charge in [0, 0.05) is 36.1 Å². The molecule has 1 aliphatic rings. The third-order valence-corrected chi connectivity index (χ3v) is 5.12. The van der Waals surface area contributed by atoms with E-state index in [0.29, 0.717) is 10.6 Å². The highest BCUT2D eigenvalue weighted by atomic mass is 35.5. The zero-order valence-electron chi connectivity index (χ0n) is 13.5. The maximum absolute atomic E-state index is 11.9. The molecule has 1 aliphatic heterocycles. The van der Waals surface area contributed by atoms with Gasteiger partial charge in [0.15, 0.2) is 0 Å². The molecule has 0 saturated heterocycles. The summed E-state index contributed by atoms with van der Waals surface area (Å²) in [5.74, 6) is 0. The smallest absolute Gasteiger partial charge is 0.336 e. The van der Waals surface area contributed by atoms with Crippen LogP contribution in [0.2, 0.25) is 5.02 Å². The molecule has 0 saturated carbocycles. The number of benzene rings is 2. The Hall–Kier alpha value is -2.10. The van der Waals surface area contributed by atoms with Crippen molar-refractivity contribution in [2.24, 2.45) is 0 Å². The highest BCUT2D eigenvalue weighted by molar-refractivity contribution is 6.32. The molecule has 0 aliphatic carbocycles.